The van der Waals surface area contributed by atoms with Crippen LogP contribution in [0.2, 0.25) is 0 Å². The van der Waals surface area contributed by atoms with E-state index in [1.807, 2.05) is 6.92 Å². The van der Waals surface area contributed by atoms with Crippen molar-refractivity contribution in [2.45, 2.75) is 19.4 Å². The minimum atomic E-state index is -0.181. The van der Waals surface area contributed by atoms with Crippen LogP contribution in [0.25, 0.3) is 0 Å². The molecule has 1 aliphatic heterocycles. The van der Waals surface area contributed by atoms with Crippen molar-refractivity contribution in [2.75, 3.05) is 26.2 Å². The van der Waals surface area contributed by atoms with Crippen LogP contribution >= 0.6 is 40.7 Å². The van der Waals surface area contributed by atoms with Crippen molar-refractivity contribution in [3.8, 4) is 0 Å². The van der Waals surface area contributed by atoms with Crippen molar-refractivity contribution < 1.29 is 4.39 Å². The first-order valence-electron chi connectivity index (χ1n) is 6.62. The summed E-state index contributed by atoms with van der Waals surface area (Å²) < 4.78 is 14.5. The molecular formula is C15H22BrCl2FN2. The predicted octanol–water partition coefficient (Wildman–Crippen LogP) is 4.34. The molecule has 0 aromatic heterocycles. The molecule has 2 rings (SSSR count). The maximum absolute atomic E-state index is 13.5. The van der Waals surface area contributed by atoms with E-state index in [9.17, 15) is 4.39 Å². The number of benzene rings is 1. The van der Waals surface area contributed by atoms with Crippen molar-refractivity contribution in [2.24, 2.45) is 0 Å². The average Bonchev–Trinajstić information content (AvgIpc) is 2.40. The lowest BCUT2D eigenvalue weighted by Gasteiger charge is -2.36. The Bertz CT molecular complexity index is 465. The first-order valence-corrected chi connectivity index (χ1v) is 7.41. The van der Waals surface area contributed by atoms with Crippen LogP contribution in [-0.4, -0.2) is 31.1 Å². The summed E-state index contributed by atoms with van der Waals surface area (Å²) in [4.78, 5) is 2.41. The fourth-order valence-electron chi connectivity index (χ4n) is 2.53. The monoisotopic (exact) mass is 398 g/mol. The van der Waals surface area contributed by atoms with Gasteiger partial charge in [0, 0.05) is 36.7 Å². The summed E-state index contributed by atoms with van der Waals surface area (Å²) in [5.74, 6) is -0.181. The highest BCUT2D eigenvalue weighted by Crippen LogP contribution is 2.33. The number of piperazine rings is 1. The highest BCUT2D eigenvalue weighted by Gasteiger charge is 2.24. The molecule has 1 aromatic carbocycles. The Hall–Kier alpha value is -0.130. The molecule has 21 heavy (non-hydrogen) atoms. The summed E-state index contributed by atoms with van der Waals surface area (Å²) >= 11 is 3.55. The maximum Gasteiger partial charge on any atom is 0.123 e. The van der Waals surface area contributed by atoms with Gasteiger partial charge in [0.15, 0.2) is 0 Å². The van der Waals surface area contributed by atoms with Gasteiger partial charge in [-0.05, 0) is 37.1 Å². The van der Waals surface area contributed by atoms with Gasteiger partial charge in [-0.2, -0.15) is 0 Å². The standard InChI is InChI=1S/C15H20BrFN2.2ClH/c1-11(2)9-15(19-7-5-18-6-8-19)13-10-12(17)3-4-14(13)16;;/h3-4,10,15,18H,1,5-9H2,2H3;2*1H/t15-;;/m1../s1. The molecule has 2 nitrogen and oxygen atoms in total. The maximum atomic E-state index is 13.5. The van der Waals surface area contributed by atoms with Crippen LogP contribution in [0.5, 0.6) is 0 Å². The van der Waals surface area contributed by atoms with Crippen molar-refractivity contribution in [3.63, 3.8) is 0 Å². The van der Waals surface area contributed by atoms with E-state index in [1.54, 1.807) is 12.1 Å². The molecule has 0 spiro atoms. The zero-order chi connectivity index (χ0) is 13.8. The minimum Gasteiger partial charge on any atom is -0.314 e. The largest absolute Gasteiger partial charge is 0.314 e. The van der Waals surface area contributed by atoms with Gasteiger partial charge >= 0.3 is 0 Å². The van der Waals surface area contributed by atoms with E-state index < -0.39 is 0 Å². The van der Waals surface area contributed by atoms with E-state index in [-0.39, 0.29) is 36.7 Å². The Kier molecular flexibility index (Phi) is 9.74. The highest BCUT2D eigenvalue weighted by atomic mass is 79.9. The third-order valence-electron chi connectivity index (χ3n) is 3.45. The molecule has 1 aliphatic rings. The molecule has 120 valence electrons. The molecule has 6 heteroatoms. The Morgan fingerprint density at radius 2 is 2.00 bits per heavy atom. The predicted molar refractivity (Wildman–Crippen MR) is 95.2 cm³/mol. The van der Waals surface area contributed by atoms with E-state index in [1.165, 1.54) is 6.07 Å². The average molecular weight is 400 g/mol. The minimum absolute atomic E-state index is 0. The summed E-state index contributed by atoms with van der Waals surface area (Å²) in [6.45, 7) is 9.99. The molecule has 0 bridgehead atoms. The van der Waals surface area contributed by atoms with Gasteiger partial charge < -0.3 is 5.32 Å². The van der Waals surface area contributed by atoms with E-state index in [0.717, 1.165) is 48.2 Å². The van der Waals surface area contributed by atoms with Crippen LogP contribution in [0.3, 0.4) is 0 Å². The summed E-state index contributed by atoms with van der Waals surface area (Å²) in [6.07, 6.45) is 0.863. The molecule has 0 amide bonds. The summed E-state index contributed by atoms with van der Waals surface area (Å²) in [5.41, 5.74) is 2.14. The Morgan fingerprint density at radius 3 is 2.57 bits per heavy atom. The van der Waals surface area contributed by atoms with Crippen LogP contribution < -0.4 is 5.32 Å². The van der Waals surface area contributed by atoms with Crippen molar-refractivity contribution >= 4 is 40.7 Å². The lowest BCUT2D eigenvalue weighted by atomic mass is 9.98. The number of halogens is 4. The third kappa shape index (κ3) is 5.87. The first-order chi connectivity index (χ1) is 9.08. The third-order valence-corrected chi connectivity index (χ3v) is 4.17. The van der Waals surface area contributed by atoms with Crippen LogP contribution in [0.1, 0.15) is 24.9 Å². The summed E-state index contributed by atoms with van der Waals surface area (Å²) in [6, 6.07) is 5.12. The molecule has 1 saturated heterocycles. The first kappa shape index (κ1) is 20.9. The lowest BCUT2D eigenvalue weighted by molar-refractivity contribution is 0.171. The van der Waals surface area contributed by atoms with Gasteiger partial charge in [0.1, 0.15) is 5.82 Å². The normalized spacial score (nSPS) is 16.5. The smallest absolute Gasteiger partial charge is 0.123 e. The zero-order valence-corrected chi connectivity index (χ0v) is 15.3. The van der Waals surface area contributed by atoms with E-state index in [0.29, 0.717) is 0 Å². The summed E-state index contributed by atoms with van der Waals surface area (Å²) in [7, 11) is 0. The Balaban J connectivity index is 0.00000200. The van der Waals surface area contributed by atoms with Crippen LogP contribution in [-0.2, 0) is 0 Å². The van der Waals surface area contributed by atoms with Crippen LogP contribution in [0, 0.1) is 5.82 Å². The fourth-order valence-corrected chi connectivity index (χ4v) is 3.04. The molecule has 0 aliphatic carbocycles. The second-order valence-electron chi connectivity index (χ2n) is 5.13. The van der Waals surface area contributed by atoms with Gasteiger partial charge in [-0.3, -0.25) is 4.90 Å². The molecule has 1 heterocycles. The molecule has 1 aromatic rings. The summed E-state index contributed by atoms with van der Waals surface area (Å²) in [5, 5.41) is 3.35. The van der Waals surface area contributed by atoms with E-state index >= 15 is 0 Å². The van der Waals surface area contributed by atoms with Gasteiger partial charge in [0.2, 0.25) is 0 Å². The molecular weight excluding hydrogens is 378 g/mol. The second-order valence-corrected chi connectivity index (χ2v) is 5.98. The SMILES string of the molecule is C=C(C)C[C@H](c1cc(F)ccc1Br)N1CCNCC1.Cl.Cl. The molecule has 1 N–H and O–H groups in total. The van der Waals surface area contributed by atoms with Crippen molar-refractivity contribution in [3.05, 3.63) is 46.2 Å². The molecule has 0 radical (unpaired) electrons. The Labute approximate surface area is 147 Å². The second kappa shape index (κ2) is 9.80. The van der Waals surface area contributed by atoms with Gasteiger partial charge in [0.25, 0.3) is 0 Å². The van der Waals surface area contributed by atoms with E-state index in [4.69, 9.17) is 0 Å². The zero-order valence-electron chi connectivity index (χ0n) is 12.1. The topological polar surface area (TPSA) is 15.3 Å². The lowest BCUT2D eigenvalue weighted by Crippen LogP contribution is -2.45. The van der Waals surface area contributed by atoms with Gasteiger partial charge in [-0.15, -0.1) is 31.4 Å². The van der Waals surface area contributed by atoms with Gasteiger partial charge in [-0.1, -0.05) is 21.5 Å². The highest BCUT2D eigenvalue weighted by molar-refractivity contribution is 9.10. The van der Waals surface area contributed by atoms with Crippen molar-refractivity contribution in [1.29, 1.82) is 0 Å². The van der Waals surface area contributed by atoms with Gasteiger partial charge in [-0.25, -0.2) is 4.39 Å². The quantitative estimate of drug-likeness (QED) is 0.757. The fraction of sp³-hybridized carbons (Fsp3) is 0.467. The molecule has 0 unspecified atom stereocenters. The number of hydrogen-bond acceptors (Lipinski definition) is 2. The number of nitrogens with one attached hydrogen (secondary N) is 1. The number of nitrogens with zero attached hydrogens (tertiary/aromatic N) is 1. The molecule has 1 atom stereocenters. The van der Waals surface area contributed by atoms with Crippen LogP contribution in [0.4, 0.5) is 4.39 Å². The Morgan fingerprint density at radius 1 is 1.38 bits per heavy atom. The number of hydrogen-bond donors (Lipinski definition) is 1. The van der Waals surface area contributed by atoms with Crippen molar-refractivity contribution in [1.82, 2.24) is 10.2 Å². The van der Waals surface area contributed by atoms with Crippen LogP contribution in [0.15, 0.2) is 34.8 Å². The van der Waals surface area contributed by atoms with Gasteiger partial charge in [0.05, 0.1) is 0 Å². The number of rotatable bonds is 4. The van der Waals surface area contributed by atoms with E-state index in [2.05, 4.69) is 32.7 Å². The molecule has 1 fully saturated rings. The molecule has 0 saturated carbocycles.